The normalized spacial score (nSPS) is 14.1. The molecule has 1 N–H and O–H groups in total. The number of aliphatic imine (C=N–C) groups is 1. The van der Waals surface area contributed by atoms with Gasteiger partial charge >= 0.3 is 0 Å². The summed E-state index contributed by atoms with van der Waals surface area (Å²) in [7, 11) is 0. The average molecular weight is 337 g/mol. The number of halogens is 3. The zero-order chi connectivity index (χ0) is 16.2. The van der Waals surface area contributed by atoms with Gasteiger partial charge in [0.1, 0.15) is 29.8 Å². The van der Waals surface area contributed by atoms with Gasteiger partial charge in [-0.05, 0) is 30.7 Å². The van der Waals surface area contributed by atoms with Crippen LogP contribution in [-0.2, 0) is 6.61 Å². The van der Waals surface area contributed by atoms with Crippen LogP contribution in [0, 0.1) is 11.6 Å². The largest absolute Gasteiger partial charge is 0.488 e. The first kappa shape index (κ1) is 15.7. The van der Waals surface area contributed by atoms with E-state index in [9.17, 15) is 8.78 Å². The molecule has 0 amide bonds. The van der Waals surface area contributed by atoms with Gasteiger partial charge in [0.05, 0.1) is 10.6 Å². The Morgan fingerprint density at radius 3 is 2.65 bits per heavy atom. The van der Waals surface area contributed by atoms with Gasteiger partial charge in [-0.2, -0.15) is 0 Å². The molecule has 2 aromatic rings. The number of nitrogens with zero attached hydrogens (tertiary/aromatic N) is 1. The van der Waals surface area contributed by atoms with Crippen LogP contribution in [0.5, 0.6) is 5.75 Å². The highest BCUT2D eigenvalue weighted by molar-refractivity contribution is 6.31. The molecule has 120 valence electrons. The second kappa shape index (κ2) is 6.96. The average Bonchev–Trinajstić information content (AvgIpc) is 2.55. The van der Waals surface area contributed by atoms with E-state index in [4.69, 9.17) is 16.3 Å². The van der Waals surface area contributed by atoms with Crippen LogP contribution in [0.2, 0.25) is 5.02 Å². The molecule has 0 spiro atoms. The van der Waals surface area contributed by atoms with Crippen LogP contribution in [0.25, 0.3) is 0 Å². The Morgan fingerprint density at radius 2 is 1.91 bits per heavy atom. The highest BCUT2D eigenvalue weighted by Crippen LogP contribution is 2.26. The van der Waals surface area contributed by atoms with Crippen molar-refractivity contribution in [2.75, 3.05) is 13.1 Å². The maximum absolute atomic E-state index is 14.2. The van der Waals surface area contributed by atoms with Gasteiger partial charge in [0.2, 0.25) is 0 Å². The zero-order valence-electron chi connectivity index (χ0n) is 12.3. The van der Waals surface area contributed by atoms with Gasteiger partial charge in [-0.25, -0.2) is 8.78 Å². The highest BCUT2D eigenvalue weighted by atomic mass is 35.5. The molecule has 0 fully saturated rings. The maximum atomic E-state index is 14.2. The second-order valence-corrected chi connectivity index (χ2v) is 5.52. The SMILES string of the molecule is Fc1cccc(Cl)c1COc1cccc(F)c1C1=NCCCN1. The molecule has 6 heteroatoms. The van der Waals surface area contributed by atoms with Crippen molar-refractivity contribution in [2.45, 2.75) is 13.0 Å². The predicted molar refractivity (Wildman–Crippen MR) is 86.2 cm³/mol. The Kier molecular flexibility index (Phi) is 4.76. The van der Waals surface area contributed by atoms with Crippen LogP contribution in [-0.4, -0.2) is 18.9 Å². The summed E-state index contributed by atoms with van der Waals surface area (Å²) in [6.07, 6.45) is 0.902. The molecule has 0 aliphatic carbocycles. The van der Waals surface area contributed by atoms with Gasteiger partial charge in [0.15, 0.2) is 0 Å². The Bertz CT molecular complexity index is 729. The molecule has 1 aliphatic heterocycles. The lowest BCUT2D eigenvalue weighted by molar-refractivity contribution is 0.297. The van der Waals surface area contributed by atoms with Crippen LogP contribution in [0.4, 0.5) is 8.78 Å². The Morgan fingerprint density at radius 1 is 1.13 bits per heavy atom. The van der Waals surface area contributed by atoms with E-state index in [1.165, 1.54) is 18.2 Å². The minimum absolute atomic E-state index is 0.0881. The van der Waals surface area contributed by atoms with E-state index in [0.29, 0.717) is 18.1 Å². The quantitative estimate of drug-likeness (QED) is 0.917. The van der Waals surface area contributed by atoms with E-state index in [2.05, 4.69) is 10.3 Å². The third kappa shape index (κ3) is 3.45. The summed E-state index contributed by atoms with van der Waals surface area (Å²) in [5.41, 5.74) is 0.502. The van der Waals surface area contributed by atoms with Crippen molar-refractivity contribution in [2.24, 2.45) is 4.99 Å². The summed E-state index contributed by atoms with van der Waals surface area (Å²) in [6, 6.07) is 8.94. The first-order chi connectivity index (χ1) is 11.2. The maximum Gasteiger partial charge on any atom is 0.137 e. The van der Waals surface area contributed by atoms with Crippen molar-refractivity contribution in [1.29, 1.82) is 0 Å². The van der Waals surface area contributed by atoms with E-state index in [0.717, 1.165) is 13.0 Å². The lowest BCUT2D eigenvalue weighted by Gasteiger charge is -2.18. The van der Waals surface area contributed by atoms with E-state index >= 15 is 0 Å². The van der Waals surface area contributed by atoms with Gasteiger partial charge in [-0.15, -0.1) is 0 Å². The fraction of sp³-hybridized carbons (Fsp3) is 0.235. The number of hydrogen-bond acceptors (Lipinski definition) is 3. The minimum atomic E-state index is -0.455. The Hall–Kier alpha value is -2.14. The summed E-state index contributed by atoms with van der Waals surface area (Å²) < 4.78 is 33.7. The summed E-state index contributed by atoms with van der Waals surface area (Å²) >= 11 is 5.99. The molecule has 0 unspecified atom stereocenters. The number of amidine groups is 1. The third-order valence-corrected chi connectivity index (χ3v) is 3.90. The number of hydrogen-bond donors (Lipinski definition) is 1. The summed E-state index contributed by atoms with van der Waals surface area (Å²) in [4.78, 5) is 4.30. The molecule has 0 saturated heterocycles. The van der Waals surface area contributed by atoms with Crippen LogP contribution in [0.1, 0.15) is 17.5 Å². The summed E-state index contributed by atoms with van der Waals surface area (Å²) in [6.45, 7) is 1.27. The number of benzene rings is 2. The minimum Gasteiger partial charge on any atom is -0.488 e. The molecule has 1 aliphatic rings. The van der Waals surface area contributed by atoms with Crippen LogP contribution in [0.15, 0.2) is 41.4 Å². The van der Waals surface area contributed by atoms with Crippen molar-refractivity contribution < 1.29 is 13.5 Å². The van der Waals surface area contributed by atoms with Crippen molar-refractivity contribution in [3.8, 4) is 5.75 Å². The molecular formula is C17H15ClF2N2O. The lowest BCUT2D eigenvalue weighted by atomic mass is 10.1. The van der Waals surface area contributed by atoms with Gasteiger partial charge < -0.3 is 10.1 Å². The first-order valence-corrected chi connectivity index (χ1v) is 7.67. The first-order valence-electron chi connectivity index (χ1n) is 7.29. The molecular weight excluding hydrogens is 322 g/mol. The van der Waals surface area contributed by atoms with Crippen molar-refractivity contribution in [3.05, 3.63) is 64.2 Å². The molecule has 2 aromatic carbocycles. The lowest BCUT2D eigenvalue weighted by Crippen LogP contribution is -2.31. The molecule has 3 rings (SSSR count). The monoisotopic (exact) mass is 336 g/mol. The van der Waals surface area contributed by atoms with Crippen molar-refractivity contribution in [3.63, 3.8) is 0 Å². The highest BCUT2D eigenvalue weighted by Gasteiger charge is 2.18. The number of nitrogens with one attached hydrogen (secondary N) is 1. The molecule has 0 aromatic heterocycles. The van der Waals surface area contributed by atoms with Gasteiger partial charge in [0.25, 0.3) is 0 Å². The van der Waals surface area contributed by atoms with Crippen LogP contribution >= 0.6 is 11.6 Å². The molecule has 0 radical (unpaired) electrons. The Labute approximate surface area is 138 Å². The second-order valence-electron chi connectivity index (χ2n) is 5.11. The molecule has 0 saturated carbocycles. The van der Waals surface area contributed by atoms with Crippen LogP contribution in [0.3, 0.4) is 0 Å². The van der Waals surface area contributed by atoms with Crippen molar-refractivity contribution in [1.82, 2.24) is 5.32 Å². The van der Waals surface area contributed by atoms with Gasteiger partial charge in [0, 0.05) is 18.7 Å². The zero-order valence-corrected chi connectivity index (χ0v) is 13.0. The third-order valence-electron chi connectivity index (χ3n) is 3.54. The van der Waals surface area contributed by atoms with E-state index < -0.39 is 11.6 Å². The topological polar surface area (TPSA) is 33.6 Å². The standard InChI is InChI=1S/C17H15ClF2N2O/c18-12-4-1-5-13(19)11(12)10-23-15-7-2-6-14(20)16(15)17-21-8-3-9-22-17/h1-2,4-7H,3,8-10H2,(H,21,22). The van der Waals surface area contributed by atoms with E-state index in [1.807, 2.05) is 0 Å². The molecule has 0 atom stereocenters. The van der Waals surface area contributed by atoms with Crippen LogP contribution < -0.4 is 10.1 Å². The van der Waals surface area contributed by atoms with E-state index in [-0.39, 0.29) is 22.8 Å². The van der Waals surface area contributed by atoms with Gasteiger partial charge in [-0.1, -0.05) is 23.7 Å². The fourth-order valence-corrected chi connectivity index (χ4v) is 2.59. The smallest absolute Gasteiger partial charge is 0.137 e. The molecule has 0 bridgehead atoms. The van der Waals surface area contributed by atoms with Crippen molar-refractivity contribution >= 4 is 17.4 Å². The fourth-order valence-electron chi connectivity index (χ4n) is 2.37. The summed E-state index contributed by atoms with van der Waals surface area (Å²) in [5.74, 6) is -0.125. The van der Waals surface area contributed by atoms with E-state index in [1.54, 1.807) is 18.2 Å². The number of ether oxygens (including phenoxy) is 1. The number of rotatable bonds is 4. The van der Waals surface area contributed by atoms with Gasteiger partial charge in [-0.3, -0.25) is 4.99 Å². The molecule has 3 nitrogen and oxygen atoms in total. The molecule has 23 heavy (non-hydrogen) atoms. The molecule has 1 heterocycles. The summed E-state index contributed by atoms with van der Waals surface area (Å²) in [5, 5.41) is 3.34. The Balaban J connectivity index is 1.89. The predicted octanol–water partition coefficient (Wildman–Crippen LogP) is 3.94.